The SMILES string of the molecule is Cc1ccc(N2C(=O)C3C(c4cccc(C(F)(F)F)c4)NC(CC4CCCCC4)(C(=O)O)C3C2=O)cc1Cl. The number of aliphatic carboxylic acids is 1. The molecule has 4 unspecified atom stereocenters. The van der Waals surface area contributed by atoms with E-state index in [4.69, 9.17) is 11.6 Å². The van der Waals surface area contributed by atoms with E-state index in [0.29, 0.717) is 5.02 Å². The lowest BCUT2D eigenvalue weighted by Gasteiger charge is -2.35. The summed E-state index contributed by atoms with van der Waals surface area (Å²) in [6.07, 6.45) is -0.00872. The number of hydrogen-bond donors (Lipinski definition) is 2. The normalized spacial score (nSPS) is 28.1. The van der Waals surface area contributed by atoms with Crippen LogP contribution in [0.4, 0.5) is 18.9 Å². The number of rotatable bonds is 5. The van der Waals surface area contributed by atoms with Crippen LogP contribution in [0.25, 0.3) is 0 Å². The Hall–Kier alpha value is -2.91. The van der Waals surface area contributed by atoms with Crippen molar-refractivity contribution in [3.63, 3.8) is 0 Å². The number of imide groups is 1. The minimum absolute atomic E-state index is 0.0130. The molecule has 0 spiro atoms. The number of halogens is 4. The second kappa shape index (κ2) is 9.68. The van der Waals surface area contributed by atoms with Crippen LogP contribution in [-0.2, 0) is 20.6 Å². The highest BCUT2D eigenvalue weighted by Gasteiger charge is 2.69. The first-order valence-electron chi connectivity index (χ1n) is 12.8. The molecule has 2 amide bonds. The van der Waals surface area contributed by atoms with Gasteiger partial charge in [0.25, 0.3) is 0 Å². The Balaban J connectivity index is 1.63. The molecule has 10 heteroatoms. The fourth-order valence-corrected chi connectivity index (χ4v) is 6.67. The Morgan fingerprint density at radius 1 is 1.11 bits per heavy atom. The molecular formula is C28H28ClF3N2O4. The van der Waals surface area contributed by atoms with Crippen LogP contribution in [0.15, 0.2) is 42.5 Å². The topological polar surface area (TPSA) is 86.7 Å². The van der Waals surface area contributed by atoms with Gasteiger partial charge in [-0.05, 0) is 54.7 Å². The Kier molecular flexibility index (Phi) is 6.80. The number of carbonyl (C=O) groups is 3. The van der Waals surface area contributed by atoms with Crippen molar-refractivity contribution in [3.05, 3.63) is 64.2 Å². The van der Waals surface area contributed by atoms with Gasteiger partial charge in [0.15, 0.2) is 0 Å². The van der Waals surface area contributed by atoms with Crippen molar-refractivity contribution in [2.24, 2.45) is 17.8 Å². The Bertz CT molecular complexity index is 1290. The molecule has 5 rings (SSSR count). The zero-order valence-electron chi connectivity index (χ0n) is 20.7. The van der Waals surface area contributed by atoms with Crippen LogP contribution in [0, 0.1) is 24.7 Å². The molecule has 0 aromatic heterocycles. The Labute approximate surface area is 223 Å². The summed E-state index contributed by atoms with van der Waals surface area (Å²) in [5.41, 5.74) is -1.65. The number of nitrogens with one attached hydrogen (secondary N) is 1. The molecule has 0 bridgehead atoms. The molecule has 2 saturated heterocycles. The van der Waals surface area contributed by atoms with Gasteiger partial charge in [0.2, 0.25) is 11.8 Å². The van der Waals surface area contributed by atoms with Crippen LogP contribution < -0.4 is 10.2 Å². The largest absolute Gasteiger partial charge is 0.480 e. The molecule has 2 aromatic rings. The minimum atomic E-state index is -4.62. The van der Waals surface area contributed by atoms with Gasteiger partial charge in [-0.15, -0.1) is 0 Å². The maximum Gasteiger partial charge on any atom is 0.416 e. The molecule has 202 valence electrons. The number of carbonyl (C=O) groups excluding carboxylic acids is 2. The van der Waals surface area contributed by atoms with E-state index in [1.54, 1.807) is 19.1 Å². The summed E-state index contributed by atoms with van der Waals surface area (Å²) in [5, 5.41) is 14.0. The standard InChI is InChI=1S/C28H28ClF3N2O4/c1-15-10-11-19(13-20(15)29)34-24(35)21-22(25(34)36)27(26(37)38,14-16-6-3-2-4-7-16)33-23(21)17-8-5-9-18(12-17)28(30,31)32/h5,8-13,16,21-23,33H,2-4,6-7,14H2,1H3,(H,37,38). The number of aryl methyl sites for hydroxylation is 1. The number of amides is 2. The molecule has 6 nitrogen and oxygen atoms in total. The third kappa shape index (κ3) is 4.39. The number of hydrogen-bond acceptors (Lipinski definition) is 4. The molecule has 3 aliphatic rings. The lowest BCUT2D eigenvalue weighted by Crippen LogP contribution is -2.57. The fourth-order valence-electron chi connectivity index (χ4n) is 6.49. The summed E-state index contributed by atoms with van der Waals surface area (Å²) in [4.78, 5) is 41.8. The smallest absolute Gasteiger partial charge is 0.416 e. The third-order valence-corrected chi connectivity index (χ3v) is 8.77. The van der Waals surface area contributed by atoms with Crippen LogP contribution in [0.3, 0.4) is 0 Å². The second-order valence-corrected chi connectivity index (χ2v) is 11.1. The fraction of sp³-hybridized carbons (Fsp3) is 0.464. The Morgan fingerprint density at radius 3 is 2.45 bits per heavy atom. The number of benzene rings is 2. The number of fused-ring (bicyclic) bond motifs is 1. The summed E-state index contributed by atoms with van der Waals surface area (Å²) < 4.78 is 40.6. The molecule has 2 N–H and O–H groups in total. The van der Waals surface area contributed by atoms with Gasteiger partial charge in [0.05, 0.1) is 23.1 Å². The van der Waals surface area contributed by atoms with Gasteiger partial charge in [-0.3, -0.25) is 19.7 Å². The van der Waals surface area contributed by atoms with E-state index in [-0.39, 0.29) is 23.6 Å². The zero-order valence-corrected chi connectivity index (χ0v) is 21.5. The average Bonchev–Trinajstić information content (AvgIpc) is 3.35. The van der Waals surface area contributed by atoms with Crippen LogP contribution in [0.2, 0.25) is 5.02 Å². The van der Waals surface area contributed by atoms with Crippen LogP contribution in [0.5, 0.6) is 0 Å². The quantitative estimate of drug-likeness (QED) is 0.454. The lowest BCUT2D eigenvalue weighted by molar-refractivity contribution is -0.150. The van der Waals surface area contributed by atoms with Gasteiger partial charge in [0, 0.05) is 11.1 Å². The molecule has 2 heterocycles. The molecule has 1 aliphatic carbocycles. The maximum atomic E-state index is 13.9. The van der Waals surface area contributed by atoms with Gasteiger partial charge in [-0.2, -0.15) is 13.2 Å². The monoisotopic (exact) mass is 548 g/mol. The number of anilines is 1. The van der Waals surface area contributed by atoms with Crippen molar-refractivity contribution in [3.8, 4) is 0 Å². The predicted molar refractivity (Wildman–Crippen MR) is 135 cm³/mol. The van der Waals surface area contributed by atoms with Crippen molar-refractivity contribution in [1.29, 1.82) is 0 Å². The molecule has 38 heavy (non-hydrogen) atoms. The van der Waals surface area contributed by atoms with E-state index in [2.05, 4.69) is 5.32 Å². The summed E-state index contributed by atoms with van der Waals surface area (Å²) in [5.74, 6) is -5.07. The van der Waals surface area contributed by atoms with Crippen molar-refractivity contribution in [1.82, 2.24) is 5.32 Å². The zero-order chi connectivity index (χ0) is 27.4. The van der Waals surface area contributed by atoms with Crippen LogP contribution in [0.1, 0.15) is 61.3 Å². The van der Waals surface area contributed by atoms with Gasteiger partial charge >= 0.3 is 12.1 Å². The van der Waals surface area contributed by atoms with Crippen molar-refractivity contribution >= 4 is 35.1 Å². The van der Waals surface area contributed by atoms with Crippen LogP contribution >= 0.6 is 11.6 Å². The maximum absolute atomic E-state index is 13.9. The van der Waals surface area contributed by atoms with Gasteiger partial charge in [-0.25, -0.2) is 4.90 Å². The molecule has 4 atom stereocenters. The van der Waals surface area contributed by atoms with Crippen LogP contribution in [-0.4, -0.2) is 28.4 Å². The first kappa shape index (κ1) is 26.7. The minimum Gasteiger partial charge on any atom is -0.480 e. The van der Waals surface area contributed by atoms with Gasteiger partial charge in [-0.1, -0.05) is 61.9 Å². The summed E-state index contributed by atoms with van der Waals surface area (Å²) in [6.45, 7) is 1.77. The third-order valence-electron chi connectivity index (χ3n) is 8.36. The molecule has 3 fully saturated rings. The predicted octanol–water partition coefficient (Wildman–Crippen LogP) is 5.91. The first-order chi connectivity index (χ1) is 17.9. The number of carboxylic acids is 1. The summed E-state index contributed by atoms with van der Waals surface area (Å²) in [6, 6.07) is 8.12. The van der Waals surface area contributed by atoms with Crippen molar-refractivity contribution in [2.75, 3.05) is 4.90 Å². The van der Waals surface area contributed by atoms with Gasteiger partial charge in [0.1, 0.15) is 5.54 Å². The Morgan fingerprint density at radius 2 is 1.82 bits per heavy atom. The first-order valence-corrected chi connectivity index (χ1v) is 13.1. The molecule has 2 aliphatic heterocycles. The van der Waals surface area contributed by atoms with E-state index in [1.807, 2.05) is 0 Å². The second-order valence-electron chi connectivity index (χ2n) is 10.7. The van der Waals surface area contributed by atoms with E-state index < -0.39 is 52.9 Å². The van der Waals surface area contributed by atoms with Gasteiger partial charge < -0.3 is 5.11 Å². The summed E-state index contributed by atoms with van der Waals surface area (Å²) in [7, 11) is 0. The summed E-state index contributed by atoms with van der Waals surface area (Å²) >= 11 is 6.27. The molecule has 1 saturated carbocycles. The lowest BCUT2D eigenvalue weighted by atomic mass is 9.72. The highest BCUT2D eigenvalue weighted by atomic mass is 35.5. The van der Waals surface area contributed by atoms with E-state index in [9.17, 15) is 32.7 Å². The van der Waals surface area contributed by atoms with E-state index in [0.717, 1.165) is 54.7 Å². The molecule has 0 radical (unpaired) electrons. The molecule has 2 aromatic carbocycles. The molecular weight excluding hydrogens is 521 g/mol. The van der Waals surface area contributed by atoms with E-state index in [1.165, 1.54) is 18.2 Å². The van der Waals surface area contributed by atoms with Crippen molar-refractivity contribution < 1.29 is 32.7 Å². The number of alkyl halides is 3. The highest BCUT2D eigenvalue weighted by Crippen LogP contribution is 2.53. The average molecular weight is 549 g/mol. The highest BCUT2D eigenvalue weighted by molar-refractivity contribution is 6.32. The van der Waals surface area contributed by atoms with E-state index >= 15 is 0 Å². The number of nitrogens with zero attached hydrogens (tertiary/aromatic N) is 1. The number of carboxylic acid groups (broad SMARTS) is 1. The van der Waals surface area contributed by atoms with Crippen molar-refractivity contribution in [2.45, 2.75) is 63.2 Å².